The SMILES string of the molecule is COC(=O)C1CCC(O/N=C(/C(=O)O)C(=O)CC(C)(C)C)CC1. The van der Waals surface area contributed by atoms with Crippen LogP contribution in [0.3, 0.4) is 0 Å². The van der Waals surface area contributed by atoms with Crippen molar-refractivity contribution in [3.63, 3.8) is 0 Å². The van der Waals surface area contributed by atoms with Crippen molar-refractivity contribution >= 4 is 23.4 Å². The highest BCUT2D eigenvalue weighted by Crippen LogP contribution is 2.27. The average molecular weight is 327 g/mol. The third-order valence-electron chi connectivity index (χ3n) is 3.66. The summed E-state index contributed by atoms with van der Waals surface area (Å²) >= 11 is 0. The van der Waals surface area contributed by atoms with Crippen molar-refractivity contribution in [1.29, 1.82) is 0 Å². The third-order valence-corrected chi connectivity index (χ3v) is 3.66. The molecule has 23 heavy (non-hydrogen) atoms. The topological polar surface area (TPSA) is 102 Å². The second-order valence-electron chi connectivity index (χ2n) is 7.01. The van der Waals surface area contributed by atoms with E-state index in [-0.39, 0.29) is 29.8 Å². The van der Waals surface area contributed by atoms with Gasteiger partial charge in [-0.2, -0.15) is 0 Å². The van der Waals surface area contributed by atoms with E-state index in [4.69, 9.17) is 14.7 Å². The summed E-state index contributed by atoms with van der Waals surface area (Å²) in [5, 5.41) is 12.7. The van der Waals surface area contributed by atoms with Crippen molar-refractivity contribution < 1.29 is 29.1 Å². The van der Waals surface area contributed by atoms with Gasteiger partial charge in [0.1, 0.15) is 6.10 Å². The Morgan fingerprint density at radius 2 is 1.70 bits per heavy atom. The van der Waals surface area contributed by atoms with Crippen molar-refractivity contribution in [1.82, 2.24) is 0 Å². The second-order valence-corrected chi connectivity index (χ2v) is 7.01. The van der Waals surface area contributed by atoms with E-state index in [2.05, 4.69) is 5.16 Å². The van der Waals surface area contributed by atoms with Crippen LogP contribution >= 0.6 is 0 Å². The zero-order valence-corrected chi connectivity index (χ0v) is 14.1. The molecule has 0 aromatic carbocycles. The number of aliphatic carboxylic acids is 1. The minimum atomic E-state index is -1.39. The predicted molar refractivity (Wildman–Crippen MR) is 83.0 cm³/mol. The number of nitrogens with zero attached hydrogens (tertiary/aromatic N) is 1. The summed E-state index contributed by atoms with van der Waals surface area (Å²) in [5.41, 5.74) is -0.902. The number of ether oxygens (including phenoxy) is 1. The van der Waals surface area contributed by atoms with Crippen LogP contribution in [0.1, 0.15) is 52.9 Å². The molecule has 0 unspecified atom stereocenters. The number of ketones is 1. The first kappa shape index (κ1) is 19.1. The van der Waals surface area contributed by atoms with Crippen LogP contribution < -0.4 is 0 Å². The number of methoxy groups -OCH3 is 1. The van der Waals surface area contributed by atoms with Crippen LogP contribution in [0.2, 0.25) is 0 Å². The smallest absolute Gasteiger partial charge is 0.361 e. The Morgan fingerprint density at radius 3 is 2.13 bits per heavy atom. The first-order valence-electron chi connectivity index (χ1n) is 7.72. The lowest BCUT2D eigenvalue weighted by Crippen LogP contribution is -2.30. The van der Waals surface area contributed by atoms with Crippen molar-refractivity contribution in [3.8, 4) is 0 Å². The number of carbonyl (C=O) groups is 3. The van der Waals surface area contributed by atoms with Crippen LogP contribution in [-0.2, 0) is 24.0 Å². The van der Waals surface area contributed by atoms with Gasteiger partial charge in [-0.15, -0.1) is 0 Å². The minimum Gasteiger partial charge on any atom is -0.476 e. The molecule has 0 bridgehead atoms. The standard InChI is InChI=1S/C16H25NO6/c1-16(2,3)9-12(18)13(14(19)20)17-23-11-7-5-10(6-8-11)15(21)22-4/h10-11H,5-9H2,1-4H3,(H,19,20)/b17-13+. The van der Waals surface area contributed by atoms with Gasteiger partial charge < -0.3 is 14.7 Å². The van der Waals surface area contributed by atoms with E-state index < -0.39 is 17.5 Å². The molecule has 1 fully saturated rings. The molecular formula is C16H25NO6. The molecule has 0 radical (unpaired) electrons. The molecule has 0 aromatic heterocycles. The molecule has 0 atom stereocenters. The average Bonchev–Trinajstić information content (AvgIpc) is 2.45. The molecule has 0 spiro atoms. The Morgan fingerprint density at radius 1 is 1.13 bits per heavy atom. The summed E-state index contributed by atoms with van der Waals surface area (Å²) in [6.07, 6.45) is 2.15. The molecule has 1 saturated carbocycles. The van der Waals surface area contributed by atoms with Crippen LogP contribution in [0, 0.1) is 11.3 Å². The Balaban J connectivity index is 2.61. The maximum atomic E-state index is 12.0. The fourth-order valence-corrected chi connectivity index (χ4v) is 2.47. The number of Topliss-reactive ketones (excluding diaryl/α,β-unsaturated/α-hetero) is 1. The molecule has 0 amide bonds. The van der Waals surface area contributed by atoms with Gasteiger partial charge in [0.25, 0.3) is 0 Å². The molecule has 0 heterocycles. The fraction of sp³-hybridized carbons (Fsp3) is 0.750. The predicted octanol–water partition coefficient (Wildman–Crippen LogP) is 2.18. The van der Waals surface area contributed by atoms with Gasteiger partial charge in [-0.25, -0.2) is 4.79 Å². The maximum absolute atomic E-state index is 12.0. The van der Waals surface area contributed by atoms with Gasteiger partial charge in [-0.1, -0.05) is 25.9 Å². The van der Waals surface area contributed by atoms with Gasteiger partial charge in [0.05, 0.1) is 13.0 Å². The van der Waals surface area contributed by atoms with E-state index in [0.29, 0.717) is 25.7 Å². The van der Waals surface area contributed by atoms with Crippen molar-refractivity contribution in [2.45, 2.75) is 59.0 Å². The first-order valence-corrected chi connectivity index (χ1v) is 7.72. The summed E-state index contributed by atoms with van der Waals surface area (Å²) in [7, 11) is 1.36. The van der Waals surface area contributed by atoms with Gasteiger partial charge in [-0.05, 0) is 31.1 Å². The van der Waals surface area contributed by atoms with E-state index >= 15 is 0 Å². The van der Waals surface area contributed by atoms with Crippen molar-refractivity contribution in [3.05, 3.63) is 0 Å². The highest BCUT2D eigenvalue weighted by molar-refractivity contribution is 6.63. The maximum Gasteiger partial charge on any atom is 0.361 e. The van der Waals surface area contributed by atoms with Crippen molar-refractivity contribution in [2.75, 3.05) is 7.11 Å². The fourth-order valence-electron chi connectivity index (χ4n) is 2.47. The zero-order chi connectivity index (χ0) is 17.6. The quantitative estimate of drug-likeness (QED) is 0.347. The minimum absolute atomic E-state index is 0.0799. The first-order chi connectivity index (χ1) is 10.6. The molecule has 1 aliphatic carbocycles. The van der Waals surface area contributed by atoms with E-state index in [1.54, 1.807) is 0 Å². The Hall–Kier alpha value is -1.92. The normalized spacial score (nSPS) is 22.3. The Labute approximate surface area is 136 Å². The van der Waals surface area contributed by atoms with Gasteiger partial charge in [0.2, 0.25) is 5.71 Å². The Kier molecular flexibility index (Phi) is 6.72. The summed E-state index contributed by atoms with van der Waals surface area (Å²) < 4.78 is 4.70. The second kappa shape index (κ2) is 8.08. The van der Waals surface area contributed by atoms with E-state index in [9.17, 15) is 14.4 Å². The number of hydrogen-bond acceptors (Lipinski definition) is 6. The molecule has 7 nitrogen and oxygen atoms in total. The lowest BCUT2D eigenvalue weighted by Gasteiger charge is -2.25. The molecule has 0 aromatic rings. The molecule has 1 aliphatic rings. The van der Waals surface area contributed by atoms with Crippen LogP contribution in [0.15, 0.2) is 5.16 Å². The molecule has 130 valence electrons. The van der Waals surface area contributed by atoms with Crippen molar-refractivity contribution in [2.24, 2.45) is 16.5 Å². The van der Waals surface area contributed by atoms with Gasteiger partial charge in [0.15, 0.2) is 5.78 Å². The van der Waals surface area contributed by atoms with E-state index in [1.165, 1.54) is 7.11 Å². The molecule has 0 saturated heterocycles. The number of oxime groups is 1. The highest BCUT2D eigenvalue weighted by Gasteiger charge is 2.29. The number of hydrogen-bond donors (Lipinski definition) is 1. The molecule has 1 N–H and O–H groups in total. The zero-order valence-electron chi connectivity index (χ0n) is 14.1. The van der Waals surface area contributed by atoms with E-state index in [0.717, 1.165) is 0 Å². The largest absolute Gasteiger partial charge is 0.476 e. The van der Waals surface area contributed by atoms with Gasteiger partial charge >= 0.3 is 11.9 Å². The van der Waals surface area contributed by atoms with Crippen LogP contribution in [0.25, 0.3) is 0 Å². The molecule has 0 aliphatic heterocycles. The highest BCUT2D eigenvalue weighted by atomic mass is 16.6. The molecule has 7 heteroatoms. The van der Waals surface area contributed by atoms with Crippen LogP contribution in [0.5, 0.6) is 0 Å². The van der Waals surface area contributed by atoms with Crippen LogP contribution in [0.4, 0.5) is 0 Å². The summed E-state index contributed by atoms with van der Waals surface area (Å²) in [6.45, 7) is 5.54. The lowest BCUT2D eigenvalue weighted by atomic mass is 9.87. The van der Waals surface area contributed by atoms with E-state index in [1.807, 2.05) is 20.8 Å². The molecular weight excluding hydrogens is 302 g/mol. The number of carboxylic acids is 1. The number of carboxylic acid groups (broad SMARTS) is 1. The summed E-state index contributed by atoms with van der Waals surface area (Å²) in [5.74, 6) is -2.32. The third kappa shape index (κ3) is 6.38. The number of carbonyl (C=O) groups excluding carboxylic acids is 2. The monoisotopic (exact) mass is 327 g/mol. The summed E-state index contributed by atoms with van der Waals surface area (Å²) in [6, 6.07) is 0. The number of rotatable bonds is 6. The van der Waals surface area contributed by atoms with Gasteiger partial charge in [-0.3, -0.25) is 9.59 Å². The molecule has 1 rings (SSSR count). The van der Waals surface area contributed by atoms with Crippen LogP contribution in [-0.4, -0.2) is 41.8 Å². The lowest BCUT2D eigenvalue weighted by molar-refractivity contribution is -0.147. The summed E-state index contributed by atoms with van der Waals surface area (Å²) in [4.78, 5) is 39.9. The van der Waals surface area contributed by atoms with Gasteiger partial charge in [0, 0.05) is 6.42 Å². The Bertz CT molecular complexity index is 483. The number of esters is 1.